The zero-order valence-electron chi connectivity index (χ0n) is 35.2. The summed E-state index contributed by atoms with van der Waals surface area (Å²) in [6.07, 6.45) is 0. The number of hydrogen-bond donors (Lipinski definition) is 0. The van der Waals surface area contributed by atoms with Crippen LogP contribution in [0, 0.1) is 0 Å². The second-order valence-electron chi connectivity index (χ2n) is 16.7. The molecule has 0 aliphatic heterocycles. The van der Waals surface area contributed by atoms with E-state index in [9.17, 15) is 0 Å². The van der Waals surface area contributed by atoms with Crippen LogP contribution < -0.4 is 0 Å². The van der Waals surface area contributed by atoms with E-state index in [0.29, 0.717) is 5.82 Å². The largest absolute Gasteiger partial charge is 0.309 e. The molecule has 0 fully saturated rings. The fourth-order valence-corrected chi connectivity index (χ4v) is 9.95. The molecule has 3 heterocycles. The minimum Gasteiger partial charge on any atom is -0.309 e. The van der Waals surface area contributed by atoms with Crippen LogP contribution in [0.3, 0.4) is 0 Å². The van der Waals surface area contributed by atoms with Crippen molar-refractivity contribution in [1.29, 1.82) is 0 Å². The third-order valence-electron chi connectivity index (χ3n) is 13.0. The molecule has 4 heteroatoms. The first-order chi connectivity index (χ1) is 32.2. The number of para-hydroxylation sites is 3. The molecule has 0 unspecified atom stereocenters. The van der Waals surface area contributed by atoms with Gasteiger partial charge in [-0.15, -0.1) is 0 Å². The van der Waals surface area contributed by atoms with Gasteiger partial charge in [-0.1, -0.05) is 194 Å². The summed E-state index contributed by atoms with van der Waals surface area (Å²) in [7, 11) is 0. The van der Waals surface area contributed by atoms with Crippen molar-refractivity contribution in [2.45, 2.75) is 0 Å². The third kappa shape index (κ3) is 6.11. The first-order valence-electron chi connectivity index (χ1n) is 22.1. The molecule has 13 rings (SSSR count). The van der Waals surface area contributed by atoms with E-state index >= 15 is 0 Å². The standard InChI is InChI=1S/C61H38N4/c1-2-18-45(19-3-1)65-56-27-11-9-23-51(56)59-57(65)37-36-52-58(59)50-22-8-10-26-53(50)62-60(52)44-34-30-40(31-35-44)39-28-32-43(33-29-39)54-38-55(48-24-12-16-41-14-4-6-20-46(41)48)64-61(63-54)49-25-13-17-42-15-5-7-21-47(42)49/h1-38H. The fraction of sp³-hybridized carbons (Fsp3) is 0. The highest BCUT2D eigenvalue weighted by Crippen LogP contribution is 2.43. The molecule has 0 bridgehead atoms. The van der Waals surface area contributed by atoms with Crippen molar-refractivity contribution in [3.63, 3.8) is 0 Å². The Kier molecular flexibility index (Phi) is 8.50. The monoisotopic (exact) mass is 826 g/mol. The van der Waals surface area contributed by atoms with Crippen LogP contribution >= 0.6 is 0 Å². The van der Waals surface area contributed by atoms with Gasteiger partial charge in [-0.3, -0.25) is 0 Å². The van der Waals surface area contributed by atoms with Crippen molar-refractivity contribution in [1.82, 2.24) is 19.5 Å². The smallest absolute Gasteiger partial charge is 0.161 e. The zero-order valence-corrected chi connectivity index (χ0v) is 35.2. The molecule has 0 spiro atoms. The molecule has 0 amide bonds. The van der Waals surface area contributed by atoms with Gasteiger partial charge >= 0.3 is 0 Å². The first-order valence-corrected chi connectivity index (χ1v) is 22.1. The number of nitrogens with zero attached hydrogens (tertiary/aromatic N) is 4. The Balaban J connectivity index is 0.905. The van der Waals surface area contributed by atoms with Gasteiger partial charge in [0.2, 0.25) is 0 Å². The molecule has 0 aliphatic rings. The van der Waals surface area contributed by atoms with Gasteiger partial charge in [0.15, 0.2) is 5.82 Å². The SMILES string of the molecule is c1ccc(-n2c3ccccc3c3c4c(ccc32)c(-c2ccc(-c3ccc(-c5cc(-c6cccc7ccccc67)nc(-c6cccc7ccccc67)n5)cc3)cc2)nc2ccccc24)cc1. The van der Waals surface area contributed by atoms with Crippen molar-refractivity contribution in [3.8, 4) is 62.0 Å². The Labute approximate surface area is 375 Å². The van der Waals surface area contributed by atoms with Gasteiger partial charge in [0.1, 0.15) is 0 Å². The van der Waals surface area contributed by atoms with E-state index in [1.807, 2.05) is 0 Å². The van der Waals surface area contributed by atoms with Crippen LogP contribution in [-0.2, 0) is 0 Å². The summed E-state index contributed by atoms with van der Waals surface area (Å²) in [6.45, 7) is 0. The minimum absolute atomic E-state index is 0.708. The predicted octanol–water partition coefficient (Wildman–Crippen LogP) is 15.9. The quantitative estimate of drug-likeness (QED) is 0.157. The van der Waals surface area contributed by atoms with E-state index in [1.54, 1.807) is 0 Å². The van der Waals surface area contributed by atoms with Gasteiger partial charge in [-0.25, -0.2) is 15.0 Å². The molecule has 3 aromatic heterocycles. The summed E-state index contributed by atoms with van der Waals surface area (Å²) in [5.74, 6) is 0.708. The highest BCUT2D eigenvalue weighted by molar-refractivity contribution is 6.29. The van der Waals surface area contributed by atoms with Gasteiger partial charge in [0.05, 0.1) is 33.6 Å². The Morgan fingerprint density at radius 2 is 0.862 bits per heavy atom. The topological polar surface area (TPSA) is 43.6 Å². The Bertz CT molecular complexity index is 3870. The molecular formula is C61H38N4. The average Bonchev–Trinajstić information content (AvgIpc) is 3.73. The normalized spacial score (nSPS) is 11.7. The van der Waals surface area contributed by atoms with Gasteiger partial charge < -0.3 is 4.57 Å². The van der Waals surface area contributed by atoms with Crippen molar-refractivity contribution >= 4 is 65.0 Å². The summed E-state index contributed by atoms with van der Waals surface area (Å²) in [6, 6.07) is 82.0. The highest BCUT2D eigenvalue weighted by atomic mass is 15.0. The summed E-state index contributed by atoms with van der Waals surface area (Å²) in [5.41, 5.74) is 13.7. The van der Waals surface area contributed by atoms with E-state index in [1.165, 1.54) is 32.6 Å². The minimum atomic E-state index is 0.708. The maximum Gasteiger partial charge on any atom is 0.161 e. The van der Waals surface area contributed by atoms with E-state index in [2.05, 4.69) is 235 Å². The summed E-state index contributed by atoms with van der Waals surface area (Å²) >= 11 is 0. The molecule has 0 atom stereocenters. The number of benzene rings is 10. The molecule has 0 N–H and O–H groups in total. The maximum absolute atomic E-state index is 5.35. The van der Waals surface area contributed by atoms with Crippen LogP contribution in [0.1, 0.15) is 0 Å². The van der Waals surface area contributed by atoms with Crippen molar-refractivity contribution < 1.29 is 0 Å². The van der Waals surface area contributed by atoms with Gasteiger partial charge in [-0.2, -0.15) is 0 Å². The lowest BCUT2D eigenvalue weighted by Crippen LogP contribution is -1.97. The molecule has 0 saturated heterocycles. The second kappa shape index (κ2) is 15.0. The number of pyridine rings is 1. The van der Waals surface area contributed by atoms with Crippen molar-refractivity contribution in [3.05, 3.63) is 231 Å². The second-order valence-corrected chi connectivity index (χ2v) is 16.7. The Morgan fingerprint density at radius 3 is 1.60 bits per heavy atom. The lowest BCUT2D eigenvalue weighted by Gasteiger charge is -2.13. The third-order valence-corrected chi connectivity index (χ3v) is 13.0. The number of hydrogen-bond acceptors (Lipinski definition) is 3. The summed E-state index contributed by atoms with van der Waals surface area (Å²) in [5, 5.41) is 10.6. The van der Waals surface area contributed by atoms with Crippen LogP contribution in [0.2, 0.25) is 0 Å². The van der Waals surface area contributed by atoms with Crippen LogP contribution in [0.25, 0.3) is 127 Å². The molecule has 4 nitrogen and oxygen atoms in total. The average molecular weight is 827 g/mol. The Morgan fingerprint density at radius 1 is 0.308 bits per heavy atom. The molecule has 0 saturated carbocycles. The first kappa shape index (κ1) is 36.9. The molecule has 13 aromatic rings. The summed E-state index contributed by atoms with van der Waals surface area (Å²) in [4.78, 5) is 15.9. The molecule has 0 radical (unpaired) electrons. The van der Waals surface area contributed by atoms with Gasteiger partial charge in [-0.05, 0) is 69.1 Å². The summed E-state index contributed by atoms with van der Waals surface area (Å²) < 4.78 is 2.39. The number of fused-ring (bicyclic) bond motifs is 9. The maximum atomic E-state index is 5.35. The lowest BCUT2D eigenvalue weighted by molar-refractivity contribution is 1.18. The molecule has 10 aromatic carbocycles. The van der Waals surface area contributed by atoms with Crippen LogP contribution in [-0.4, -0.2) is 19.5 Å². The molecule has 302 valence electrons. The highest BCUT2D eigenvalue weighted by Gasteiger charge is 2.20. The van der Waals surface area contributed by atoms with Crippen LogP contribution in [0.5, 0.6) is 0 Å². The van der Waals surface area contributed by atoms with E-state index in [0.717, 1.165) is 88.6 Å². The van der Waals surface area contributed by atoms with Gasteiger partial charge in [0.25, 0.3) is 0 Å². The molecule has 65 heavy (non-hydrogen) atoms. The van der Waals surface area contributed by atoms with Crippen molar-refractivity contribution in [2.75, 3.05) is 0 Å². The van der Waals surface area contributed by atoms with Crippen LogP contribution in [0.15, 0.2) is 231 Å². The molecule has 0 aliphatic carbocycles. The lowest BCUT2D eigenvalue weighted by atomic mass is 9.95. The van der Waals surface area contributed by atoms with E-state index in [-0.39, 0.29) is 0 Å². The van der Waals surface area contributed by atoms with Crippen molar-refractivity contribution in [2.24, 2.45) is 0 Å². The number of aromatic nitrogens is 4. The number of rotatable bonds is 6. The predicted molar refractivity (Wildman–Crippen MR) is 271 cm³/mol. The van der Waals surface area contributed by atoms with E-state index in [4.69, 9.17) is 15.0 Å². The Hall–Kier alpha value is -8.73. The van der Waals surface area contributed by atoms with E-state index < -0.39 is 0 Å². The molecular weight excluding hydrogens is 789 g/mol. The van der Waals surface area contributed by atoms with Gasteiger partial charge in [0, 0.05) is 54.9 Å². The fourth-order valence-electron chi connectivity index (χ4n) is 9.95. The van der Waals surface area contributed by atoms with Crippen LogP contribution in [0.4, 0.5) is 0 Å². The zero-order chi connectivity index (χ0) is 42.8.